The number of hydrogen-bond acceptors (Lipinski definition) is 6. The molecule has 4 rings (SSSR count). The molecule has 2 amide bonds. The second-order valence-electron chi connectivity index (χ2n) is 9.61. The third-order valence-corrected chi connectivity index (χ3v) is 7.06. The van der Waals surface area contributed by atoms with Crippen LogP contribution in [0.3, 0.4) is 0 Å². The predicted molar refractivity (Wildman–Crippen MR) is 163 cm³/mol. The maximum Gasteiger partial charge on any atom is 0.416 e. The molecule has 0 aliphatic rings. The van der Waals surface area contributed by atoms with E-state index in [1.807, 2.05) is 43.3 Å². The summed E-state index contributed by atoms with van der Waals surface area (Å²) in [5, 5.41) is 3.44. The van der Waals surface area contributed by atoms with Gasteiger partial charge in [-0.2, -0.15) is 25.8 Å². The minimum absolute atomic E-state index is 0.134. The lowest BCUT2D eigenvalue weighted by Gasteiger charge is -2.24. The highest BCUT2D eigenvalue weighted by Crippen LogP contribution is 2.36. The first-order valence-electron chi connectivity index (χ1n) is 13.2. The van der Waals surface area contributed by atoms with E-state index in [9.17, 15) is 22.8 Å². The maximum absolute atomic E-state index is 13.0. The van der Waals surface area contributed by atoms with Crippen molar-refractivity contribution in [2.75, 3.05) is 25.6 Å². The van der Waals surface area contributed by atoms with Crippen molar-refractivity contribution in [3.63, 3.8) is 0 Å². The number of aromatic nitrogens is 1. The number of thiol groups is 1. The summed E-state index contributed by atoms with van der Waals surface area (Å²) in [6.07, 6.45) is -1.93. The second-order valence-corrected chi connectivity index (χ2v) is 9.92. The molecule has 224 valence electrons. The highest BCUT2D eigenvalue weighted by atomic mass is 32.1. The third-order valence-electron chi connectivity index (χ3n) is 6.72. The van der Waals surface area contributed by atoms with Gasteiger partial charge in [0.05, 0.1) is 24.9 Å². The largest absolute Gasteiger partial charge is 0.494 e. The van der Waals surface area contributed by atoms with Crippen molar-refractivity contribution < 1.29 is 32.2 Å². The van der Waals surface area contributed by atoms with Crippen LogP contribution in [0.15, 0.2) is 72.8 Å². The molecule has 3 aromatic carbocycles. The molecule has 0 spiro atoms. The van der Waals surface area contributed by atoms with E-state index >= 15 is 0 Å². The van der Waals surface area contributed by atoms with Gasteiger partial charge in [-0.15, -0.1) is 0 Å². The standard InChI is InChI=1S/C32H30F3N3O4S/c1-20-7-11-22-5-4-6-27(30(22)37-20)42-18-25-23(19-43)12-15-26(31(25)41-3)38(2)29(40)17-36-28(39)16-10-21-8-13-24(14-9-21)32(33,34)35/h4-16,43H,17-19H2,1-3H3,(H,36,39)/b16-10+. The van der Waals surface area contributed by atoms with Crippen LogP contribution in [-0.4, -0.2) is 37.5 Å². The van der Waals surface area contributed by atoms with E-state index in [2.05, 4.69) is 22.9 Å². The van der Waals surface area contributed by atoms with E-state index in [1.54, 1.807) is 13.1 Å². The fourth-order valence-electron chi connectivity index (χ4n) is 4.37. The summed E-state index contributed by atoms with van der Waals surface area (Å²) in [7, 11) is 3.06. The summed E-state index contributed by atoms with van der Waals surface area (Å²) in [5.41, 5.74) is 3.26. The number of aryl methyl sites for hydroxylation is 1. The van der Waals surface area contributed by atoms with Gasteiger partial charge in [-0.25, -0.2) is 4.98 Å². The number of para-hydroxylation sites is 1. The zero-order valence-electron chi connectivity index (χ0n) is 23.7. The number of hydrogen-bond donors (Lipinski definition) is 2. The minimum Gasteiger partial charge on any atom is -0.494 e. The summed E-state index contributed by atoms with van der Waals surface area (Å²) in [6.45, 7) is 1.72. The van der Waals surface area contributed by atoms with Gasteiger partial charge in [0, 0.05) is 35.5 Å². The van der Waals surface area contributed by atoms with Crippen LogP contribution < -0.4 is 19.7 Å². The summed E-state index contributed by atoms with van der Waals surface area (Å²) in [6, 6.07) is 17.6. The number of methoxy groups -OCH3 is 1. The molecule has 7 nitrogen and oxygen atoms in total. The number of carbonyl (C=O) groups is 2. The van der Waals surface area contributed by atoms with Gasteiger partial charge in [0.15, 0.2) is 0 Å². The first-order chi connectivity index (χ1) is 20.5. The molecule has 0 saturated heterocycles. The Kier molecular flexibility index (Phi) is 9.97. The smallest absolute Gasteiger partial charge is 0.416 e. The van der Waals surface area contributed by atoms with Crippen LogP contribution in [0.4, 0.5) is 18.9 Å². The fraction of sp³-hybridized carbons (Fsp3) is 0.219. The Labute approximate surface area is 252 Å². The minimum atomic E-state index is -4.44. The van der Waals surface area contributed by atoms with Crippen molar-refractivity contribution in [2.45, 2.75) is 25.5 Å². The number of halogens is 3. The van der Waals surface area contributed by atoms with Gasteiger partial charge in [-0.3, -0.25) is 9.59 Å². The van der Waals surface area contributed by atoms with Gasteiger partial charge in [0.1, 0.15) is 23.6 Å². The quantitative estimate of drug-likeness (QED) is 0.161. The number of amides is 2. The number of fused-ring (bicyclic) bond motifs is 1. The van der Waals surface area contributed by atoms with Crippen molar-refractivity contribution in [3.05, 3.63) is 101 Å². The molecule has 1 aromatic heterocycles. The molecule has 0 bridgehead atoms. The summed E-state index contributed by atoms with van der Waals surface area (Å²) < 4.78 is 50.2. The van der Waals surface area contributed by atoms with E-state index in [1.165, 1.54) is 30.2 Å². The fourth-order valence-corrected chi connectivity index (χ4v) is 4.66. The van der Waals surface area contributed by atoms with Crippen LogP contribution in [-0.2, 0) is 28.1 Å². The van der Waals surface area contributed by atoms with Crippen molar-refractivity contribution in [1.29, 1.82) is 0 Å². The van der Waals surface area contributed by atoms with Crippen LogP contribution in [0, 0.1) is 6.92 Å². The lowest BCUT2D eigenvalue weighted by Crippen LogP contribution is -2.37. The lowest BCUT2D eigenvalue weighted by molar-refractivity contribution is -0.137. The monoisotopic (exact) mass is 609 g/mol. The molecule has 1 heterocycles. The Hall–Kier alpha value is -4.51. The number of anilines is 1. The van der Waals surface area contributed by atoms with Gasteiger partial charge >= 0.3 is 6.18 Å². The molecule has 43 heavy (non-hydrogen) atoms. The van der Waals surface area contributed by atoms with Crippen LogP contribution in [0.25, 0.3) is 17.0 Å². The molecular formula is C32H30F3N3O4S. The lowest BCUT2D eigenvalue weighted by atomic mass is 10.1. The zero-order valence-corrected chi connectivity index (χ0v) is 24.6. The Morgan fingerprint density at radius 1 is 1.05 bits per heavy atom. The average Bonchev–Trinajstić information content (AvgIpc) is 3.00. The SMILES string of the molecule is COc1c(N(C)C(=O)CNC(=O)/C=C/c2ccc(C(F)(F)F)cc2)ccc(CS)c1COc1cccc2ccc(C)nc12. The number of pyridine rings is 1. The number of rotatable bonds is 10. The highest BCUT2D eigenvalue weighted by molar-refractivity contribution is 7.79. The summed E-state index contributed by atoms with van der Waals surface area (Å²) in [4.78, 5) is 31.3. The maximum atomic E-state index is 13.0. The van der Waals surface area contributed by atoms with Crippen LogP contribution in [0.2, 0.25) is 0 Å². The number of alkyl halides is 3. The number of nitrogens with zero attached hydrogens (tertiary/aromatic N) is 2. The van der Waals surface area contributed by atoms with Crippen LogP contribution >= 0.6 is 12.6 Å². The molecule has 1 N–H and O–H groups in total. The number of nitrogens with one attached hydrogen (secondary N) is 1. The molecule has 4 aromatic rings. The van der Waals surface area contributed by atoms with Gasteiger partial charge in [0.25, 0.3) is 0 Å². The molecule has 0 unspecified atom stereocenters. The molecule has 0 fully saturated rings. The molecular weight excluding hydrogens is 579 g/mol. The Balaban J connectivity index is 1.45. The molecule has 0 aliphatic heterocycles. The third kappa shape index (κ3) is 7.66. The zero-order chi connectivity index (χ0) is 31.1. The van der Waals surface area contributed by atoms with Crippen molar-refractivity contribution in [1.82, 2.24) is 10.3 Å². The Bertz CT molecular complexity index is 1660. The van der Waals surface area contributed by atoms with E-state index in [0.717, 1.165) is 40.4 Å². The highest BCUT2D eigenvalue weighted by Gasteiger charge is 2.29. The topological polar surface area (TPSA) is 80.8 Å². The number of likely N-dealkylation sites (N-methyl/N-ethyl adjacent to an activating group) is 1. The Morgan fingerprint density at radius 3 is 2.47 bits per heavy atom. The predicted octanol–water partition coefficient (Wildman–Crippen LogP) is 6.37. The van der Waals surface area contributed by atoms with E-state index in [-0.39, 0.29) is 13.2 Å². The van der Waals surface area contributed by atoms with Crippen LogP contribution in [0.5, 0.6) is 11.5 Å². The molecule has 0 radical (unpaired) electrons. The number of ether oxygens (including phenoxy) is 2. The van der Waals surface area contributed by atoms with Crippen molar-refractivity contribution in [3.8, 4) is 11.5 Å². The van der Waals surface area contributed by atoms with Gasteiger partial charge in [0.2, 0.25) is 11.8 Å². The molecule has 0 saturated carbocycles. The van der Waals surface area contributed by atoms with E-state index in [4.69, 9.17) is 9.47 Å². The number of benzene rings is 3. The van der Waals surface area contributed by atoms with Crippen molar-refractivity contribution >= 4 is 47.1 Å². The van der Waals surface area contributed by atoms with E-state index < -0.39 is 23.6 Å². The average molecular weight is 610 g/mol. The molecule has 0 aliphatic carbocycles. The Morgan fingerprint density at radius 2 is 1.79 bits per heavy atom. The summed E-state index contributed by atoms with van der Waals surface area (Å²) in [5.74, 6) is 0.442. The van der Waals surface area contributed by atoms with E-state index in [0.29, 0.717) is 34.1 Å². The number of carbonyl (C=O) groups excluding carboxylic acids is 2. The van der Waals surface area contributed by atoms with Gasteiger partial charge < -0.3 is 19.7 Å². The molecule has 0 atom stereocenters. The second kappa shape index (κ2) is 13.6. The van der Waals surface area contributed by atoms with Gasteiger partial charge in [-0.05, 0) is 54.5 Å². The van der Waals surface area contributed by atoms with Gasteiger partial charge in [-0.1, -0.05) is 36.4 Å². The summed E-state index contributed by atoms with van der Waals surface area (Å²) >= 11 is 4.46. The van der Waals surface area contributed by atoms with Crippen LogP contribution in [0.1, 0.15) is 27.9 Å². The molecule has 11 heteroatoms. The first-order valence-corrected chi connectivity index (χ1v) is 13.8. The first kappa shape index (κ1) is 31.4. The van der Waals surface area contributed by atoms with Crippen molar-refractivity contribution in [2.24, 2.45) is 0 Å². The normalized spacial score (nSPS) is 11.5.